The van der Waals surface area contributed by atoms with Crippen LogP contribution in [0, 0.1) is 17.7 Å². The Morgan fingerprint density at radius 1 is 1.11 bits per heavy atom. The Labute approximate surface area is 109 Å². The molecule has 0 fully saturated rings. The molecule has 0 aliphatic heterocycles. The van der Waals surface area contributed by atoms with Crippen molar-refractivity contribution in [1.29, 1.82) is 0 Å². The maximum atomic E-state index is 13.9. The lowest BCUT2D eigenvalue weighted by atomic mass is 10.1. The van der Waals surface area contributed by atoms with Crippen molar-refractivity contribution < 1.29 is 14.3 Å². The van der Waals surface area contributed by atoms with Crippen molar-refractivity contribution >= 4 is 5.91 Å². The van der Waals surface area contributed by atoms with Crippen LogP contribution in [-0.4, -0.2) is 11.0 Å². The van der Waals surface area contributed by atoms with E-state index in [4.69, 9.17) is 5.73 Å². The van der Waals surface area contributed by atoms with E-state index in [1.807, 2.05) is 6.07 Å². The molecule has 0 unspecified atom stereocenters. The minimum Gasteiger partial charge on any atom is -0.507 e. The first-order valence-corrected chi connectivity index (χ1v) is 5.48. The number of phenols is 1. The molecule has 0 saturated heterocycles. The fraction of sp³-hybridized carbons (Fsp3) is 0. The molecule has 0 aromatic heterocycles. The number of hydrogen-bond acceptors (Lipinski definition) is 2. The first kappa shape index (κ1) is 12.7. The molecule has 94 valence electrons. The zero-order chi connectivity index (χ0) is 13.8. The molecule has 2 rings (SSSR count). The summed E-state index contributed by atoms with van der Waals surface area (Å²) in [6.07, 6.45) is 0. The average Bonchev–Trinajstić information content (AvgIpc) is 2.39. The number of aromatic hydroxyl groups is 1. The highest BCUT2D eigenvalue weighted by Gasteiger charge is 2.14. The van der Waals surface area contributed by atoms with Crippen LogP contribution in [0.1, 0.15) is 21.5 Å². The summed E-state index contributed by atoms with van der Waals surface area (Å²) in [5.41, 5.74) is 5.17. The van der Waals surface area contributed by atoms with E-state index in [1.54, 1.807) is 24.3 Å². The van der Waals surface area contributed by atoms with Crippen molar-refractivity contribution in [3.05, 3.63) is 65.0 Å². The van der Waals surface area contributed by atoms with Crippen LogP contribution in [0.25, 0.3) is 0 Å². The van der Waals surface area contributed by atoms with E-state index >= 15 is 0 Å². The lowest BCUT2D eigenvalue weighted by Gasteiger charge is -2.02. The van der Waals surface area contributed by atoms with Crippen LogP contribution in [0.15, 0.2) is 42.5 Å². The fourth-order valence-electron chi connectivity index (χ4n) is 1.53. The Bertz CT molecular complexity index is 685. The van der Waals surface area contributed by atoms with Gasteiger partial charge >= 0.3 is 0 Å². The number of rotatable bonds is 1. The van der Waals surface area contributed by atoms with Gasteiger partial charge in [0.1, 0.15) is 11.3 Å². The molecule has 2 aromatic rings. The molecule has 0 saturated carbocycles. The number of carbonyl (C=O) groups excluding carboxylic acids is 1. The van der Waals surface area contributed by atoms with Crippen LogP contribution in [0.4, 0.5) is 4.39 Å². The lowest BCUT2D eigenvalue weighted by molar-refractivity contribution is 0.0996. The van der Waals surface area contributed by atoms with Crippen LogP contribution in [0.2, 0.25) is 0 Å². The van der Waals surface area contributed by atoms with Crippen molar-refractivity contribution in [3.63, 3.8) is 0 Å². The minimum atomic E-state index is -0.907. The predicted octanol–water partition coefficient (Wildman–Crippen LogP) is 2.03. The Morgan fingerprint density at radius 2 is 1.79 bits per heavy atom. The molecule has 1 amide bonds. The molecule has 2 aromatic carbocycles. The van der Waals surface area contributed by atoms with Gasteiger partial charge in [0, 0.05) is 5.56 Å². The molecule has 0 spiro atoms. The van der Waals surface area contributed by atoms with E-state index < -0.39 is 11.7 Å². The topological polar surface area (TPSA) is 63.3 Å². The SMILES string of the molecule is NC(=O)c1ccc(O)c(C#Cc2ccccc2)c1F. The minimum absolute atomic E-state index is 0.236. The Kier molecular flexibility index (Phi) is 3.48. The molecule has 0 aliphatic carbocycles. The van der Waals surface area contributed by atoms with Gasteiger partial charge in [-0.15, -0.1) is 0 Å². The highest BCUT2D eigenvalue weighted by Crippen LogP contribution is 2.22. The third-order valence-corrected chi connectivity index (χ3v) is 2.49. The first-order valence-electron chi connectivity index (χ1n) is 5.48. The number of amides is 1. The lowest BCUT2D eigenvalue weighted by Crippen LogP contribution is -2.13. The van der Waals surface area contributed by atoms with Crippen molar-refractivity contribution in [1.82, 2.24) is 0 Å². The summed E-state index contributed by atoms with van der Waals surface area (Å²) in [4.78, 5) is 11.0. The summed E-state index contributed by atoms with van der Waals surface area (Å²) >= 11 is 0. The molecular weight excluding hydrogens is 245 g/mol. The summed E-state index contributed by atoms with van der Waals surface area (Å²) in [7, 11) is 0. The third-order valence-electron chi connectivity index (χ3n) is 2.49. The van der Waals surface area contributed by atoms with E-state index in [1.165, 1.54) is 6.07 Å². The van der Waals surface area contributed by atoms with Gasteiger partial charge in [-0.3, -0.25) is 4.79 Å². The quantitative estimate of drug-likeness (QED) is 0.766. The second kappa shape index (κ2) is 5.23. The molecule has 0 bridgehead atoms. The number of benzene rings is 2. The monoisotopic (exact) mass is 255 g/mol. The van der Waals surface area contributed by atoms with Crippen molar-refractivity contribution in [2.75, 3.05) is 0 Å². The van der Waals surface area contributed by atoms with Crippen LogP contribution in [0.3, 0.4) is 0 Å². The zero-order valence-electron chi connectivity index (χ0n) is 9.85. The summed E-state index contributed by atoms with van der Waals surface area (Å²) in [5.74, 6) is 3.08. The summed E-state index contributed by atoms with van der Waals surface area (Å²) in [6.45, 7) is 0. The summed E-state index contributed by atoms with van der Waals surface area (Å²) in [5, 5.41) is 9.58. The molecule has 3 nitrogen and oxygen atoms in total. The second-order valence-corrected chi connectivity index (χ2v) is 3.80. The highest BCUT2D eigenvalue weighted by molar-refractivity contribution is 5.93. The number of nitrogens with two attached hydrogens (primary N) is 1. The molecule has 3 N–H and O–H groups in total. The van der Waals surface area contributed by atoms with E-state index in [-0.39, 0.29) is 16.9 Å². The predicted molar refractivity (Wildman–Crippen MR) is 69.0 cm³/mol. The highest BCUT2D eigenvalue weighted by atomic mass is 19.1. The van der Waals surface area contributed by atoms with Crippen molar-refractivity contribution in [2.45, 2.75) is 0 Å². The number of halogens is 1. The standard InChI is InChI=1S/C15H10FNO2/c16-14-11(7-6-10-4-2-1-3-5-10)13(18)9-8-12(14)15(17)19/h1-5,8-9,18H,(H2,17,19). The third kappa shape index (κ3) is 2.72. The maximum absolute atomic E-state index is 13.9. The Morgan fingerprint density at radius 3 is 2.42 bits per heavy atom. The fourth-order valence-corrected chi connectivity index (χ4v) is 1.53. The number of carbonyl (C=O) groups is 1. The number of primary amides is 1. The van der Waals surface area contributed by atoms with Gasteiger partial charge in [-0.1, -0.05) is 30.0 Å². The smallest absolute Gasteiger partial charge is 0.251 e. The largest absolute Gasteiger partial charge is 0.507 e. The molecule has 0 heterocycles. The first-order chi connectivity index (χ1) is 9.09. The van der Waals surface area contributed by atoms with Gasteiger partial charge in [0.25, 0.3) is 5.91 Å². The van der Waals surface area contributed by atoms with Crippen LogP contribution in [0.5, 0.6) is 5.75 Å². The molecule has 0 aliphatic rings. The van der Waals surface area contributed by atoms with Gasteiger partial charge in [-0.05, 0) is 24.3 Å². The van der Waals surface area contributed by atoms with Gasteiger partial charge in [0.05, 0.1) is 5.56 Å². The number of phenolic OH excluding ortho intramolecular Hbond substituents is 1. The number of hydrogen-bond donors (Lipinski definition) is 2. The van der Waals surface area contributed by atoms with E-state index in [9.17, 15) is 14.3 Å². The molecule has 0 atom stereocenters. The van der Waals surface area contributed by atoms with Gasteiger partial charge in [-0.25, -0.2) is 4.39 Å². The van der Waals surface area contributed by atoms with E-state index in [2.05, 4.69) is 11.8 Å². The van der Waals surface area contributed by atoms with Crippen LogP contribution < -0.4 is 5.73 Å². The van der Waals surface area contributed by atoms with E-state index in [0.29, 0.717) is 5.56 Å². The Balaban J connectivity index is 2.49. The van der Waals surface area contributed by atoms with Crippen LogP contribution in [-0.2, 0) is 0 Å². The van der Waals surface area contributed by atoms with Crippen LogP contribution >= 0.6 is 0 Å². The van der Waals surface area contributed by atoms with Gasteiger partial charge in [0.15, 0.2) is 5.82 Å². The molecule has 19 heavy (non-hydrogen) atoms. The second-order valence-electron chi connectivity index (χ2n) is 3.80. The molecule has 4 heteroatoms. The normalized spacial score (nSPS) is 9.53. The summed E-state index contributed by atoms with van der Waals surface area (Å²) in [6, 6.07) is 11.2. The van der Waals surface area contributed by atoms with Gasteiger partial charge in [0.2, 0.25) is 0 Å². The molecule has 0 radical (unpaired) electrons. The Hall–Kier alpha value is -2.80. The zero-order valence-corrected chi connectivity index (χ0v) is 9.85. The van der Waals surface area contributed by atoms with Crippen molar-refractivity contribution in [2.24, 2.45) is 5.73 Å². The maximum Gasteiger partial charge on any atom is 0.251 e. The molecular formula is C15H10FNO2. The van der Waals surface area contributed by atoms with Gasteiger partial charge in [-0.2, -0.15) is 0 Å². The van der Waals surface area contributed by atoms with Crippen molar-refractivity contribution in [3.8, 4) is 17.6 Å². The van der Waals surface area contributed by atoms with E-state index in [0.717, 1.165) is 6.07 Å². The summed E-state index contributed by atoms with van der Waals surface area (Å²) < 4.78 is 13.9. The average molecular weight is 255 g/mol. The van der Waals surface area contributed by atoms with Gasteiger partial charge < -0.3 is 10.8 Å².